The highest BCUT2D eigenvalue weighted by Gasteiger charge is 2.27. The summed E-state index contributed by atoms with van der Waals surface area (Å²) in [4.78, 5) is 27.5. The number of amides is 1. The van der Waals surface area contributed by atoms with E-state index >= 15 is 0 Å². The molecule has 1 aliphatic rings. The van der Waals surface area contributed by atoms with Gasteiger partial charge in [-0.25, -0.2) is 19.0 Å². The van der Waals surface area contributed by atoms with Crippen molar-refractivity contribution in [2.24, 2.45) is 0 Å². The van der Waals surface area contributed by atoms with Crippen LogP contribution >= 0.6 is 0 Å². The van der Waals surface area contributed by atoms with E-state index in [1.807, 2.05) is 54.3 Å². The molecule has 1 fully saturated rings. The second kappa shape index (κ2) is 9.85. The van der Waals surface area contributed by atoms with Crippen molar-refractivity contribution in [1.29, 1.82) is 0 Å². The van der Waals surface area contributed by atoms with Crippen molar-refractivity contribution in [2.75, 3.05) is 31.1 Å². The third-order valence-corrected chi connectivity index (χ3v) is 7.16. The Balaban J connectivity index is 1.32. The first kappa shape index (κ1) is 24.0. The van der Waals surface area contributed by atoms with Gasteiger partial charge in [0, 0.05) is 38.2 Å². The molecule has 1 amide bonds. The van der Waals surface area contributed by atoms with Crippen LogP contribution in [0.1, 0.15) is 35.2 Å². The minimum absolute atomic E-state index is 0.0567. The van der Waals surface area contributed by atoms with Gasteiger partial charge >= 0.3 is 0 Å². The quantitative estimate of drug-likeness (QED) is 0.321. The Labute approximate surface area is 220 Å². The van der Waals surface area contributed by atoms with E-state index in [4.69, 9.17) is 15.1 Å². The van der Waals surface area contributed by atoms with E-state index in [0.29, 0.717) is 26.2 Å². The smallest absolute Gasteiger partial charge is 0.254 e. The van der Waals surface area contributed by atoms with Crippen LogP contribution in [0.25, 0.3) is 27.5 Å². The standard InChI is InChI=1S/C30H29FN6O/c1-3-7-26-32-28(27-20(2)34-37(29(27)33-26)23-14-12-22(31)13-15-23)35-16-18-36(19-17-35)30(38)25-11-6-9-21-8-4-5-10-24(21)25/h4-6,8-15H,3,7,16-19H2,1-2H3. The number of nitrogens with zero attached hydrogens (tertiary/aromatic N) is 6. The number of halogens is 1. The van der Waals surface area contributed by atoms with Gasteiger partial charge in [0.1, 0.15) is 17.5 Å². The zero-order valence-corrected chi connectivity index (χ0v) is 21.6. The zero-order valence-electron chi connectivity index (χ0n) is 21.6. The van der Waals surface area contributed by atoms with Gasteiger partial charge < -0.3 is 9.80 Å². The van der Waals surface area contributed by atoms with Crippen molar-refractivity contribution in [1.82, 2.24) is 24.6 Å². The van der Waals surface area contributed by atoms with Crippen LogP contribution in [-0.4, -0.2) is 56.7 Å². The van der Waals surface area contributed by atoms with Crippen molar-refractivity contribution in [3.63, 3.8) is 0 Å². The predicted octanol–water partition coefficient (Wildman–Crippen LogP) is 5.33. The first-order valence-electron chi connectivity index (χ1n) is 13.1. The highest BCUT2D eigenvalue weighted by atomic mass is 19.1. The van der Waals surface area contributed by atoms with Crippen molar-refractivity contribution in [3.8, 4) is 5.69 Å². The van der Waals surface area contributed by atoms with Gasteiger partial charge in [0.25, 0.3) is 5.91 Å². The topological polar surface area (TPSA) is 67.2 Å². The van der Waals surface area contributed by atoms with Crippen molar-refractivity contribution in [2.45, 2.75) is 26.7 Å². The van der Waals surface area contributed by atoms with E-state index in [-0.39, 0.29) is 11.7 Å². The molecule has 5 aromatic rings. The van der Waals surface area contributed by atoms with E-state index in [1.54, 1.807) is 16.8 Å². The SMILES string of the molecule is CCCc1nc(N2CCN(C(=O)c3cccc4ccccc34)CC2)c2c(C)nn(-c3ccc(F)cc3)c2n1. The van der Waals surface area contributed by atoms with Gasteiger partial charge in [-0.1, -0.05) is 43.3 Å². The van der Waals surface area contributed by atoms with Crippen LogP contribution in [0.5, 0.6) is 0 Å². The zero-order chi connectivity index (χ0) is 26.2. The van der Waals surface area contributed by atoms with Crippen LogP contribution in [0.4, 0.5) is 10.2 Å². The second-order valence-corrected chi connectivity index (χ2v) is 9.69. The molecule has 0 unspecified atom stereocenters. The molecule has 192 valence electrons. The summed E-state index contributed by atoms with van der Waals surface area (Å²) in [7, 11) is 0. The molecule has 3 heterocycles. The lowest BCUT2D eigenvalue weighted by molar-refractivity contribution is 0.0748. The van der Waals surface area contributed by atoms with Gasteiger partial charge in [-0.05, 0) is 54.4 Å². The molecule has 7 nitrogen and oxygen atoms in total. The van der Waals surface area contributed by atoms with Crippen LogP contribution in [0.2, 0.25) is 0 Å². The molecule has 0 bridgehead atoms. The van der Waals surface area contributed by atoms with Crippen LogP contribution in [0, 0.1) is 12.7 Å². The second-order valence-electron chi connectivity index (χ2n) is 9.69. The van der Waals surface area contributed by atoms with Gasteiger partial charge in [-0.15, -0.1) is 0 Å². The summed E-state index contributed by atoms with van der Waals surface area (Å²) < 4.78 is 15.3. The maximum absolute atomic E-state index is 13.6. The Morgan fingerprint density at radius 2 is 1.66 bits per heavy atom. The van der Waals surface area contributed by atoms with Crippen LogP contribution in [0.3, 0.4) is 0 Å². The summed E-state index contributed by atoms with van der Waals surface area (Å²) in [5.41, 5.74) is 3.03. The molecule has 0 N–H and O–H groups in total. The number of piperazine rings is 1. The summed E-state index contributed by atoms with van der Waals surface area (Å²) in [6.45, 7) is 6.58. The van der Waals surface area contributed by atoms with Gasteiger partial charge in [0.2, 0.25) is 0 Å². The number of rotatable bonds is 5. The van der Waals surface area contributed by atoms with E-state index < -0.39 is 0 Å². The molecular weight excluding hydrogens is 479 g/mol. The minimum Gasteiger partial charge on any atom is -0.352 e. The van der Waals surface area contributed by atoms with Crippen molar-refractivity contribution in [3.05, 3.63) is 89.6 Å². The van der Waals surface area contributed by atoms with Crippen LogP contribution < -0.4 is 4.90 Å². The Morgan fingerprint density at radius 1 is 0.921 bits per heavy atom. The highest BCUT2D eigenvalue weighted by Crippen LogP contribution is 2.30. The molecule has 0 saturated carbocycles. The van der Waals surface area contributed by atoms with Crippen LogP contribution in [-0.2, 0) is 6.42 Å². The van der Waals surface area contributed by atoms with Gasteiger partial charge in [0.15, 0.2) is 5.65 Å². The molecule has 0 atom stereocenters. The molecule has 38 heavy (non-hydrogen) atoms. The van der Waals surface area contributed by atoms with E-state index in [2.05, 4.69) is 11.8 Å². The van der Waals surface area contributed by atoms with E-state index in [9.17, 15) is 9.18 Å². The average Bonchev–Trinajstić information content (AvgIpc) is 3.28. The summed E-state index contributed by atoms with van der Waals surface area (Å²) in [6, 6.07) is 20.2. The number of anilines is 1. The maximum atomic E-state index is 13.6. The van der Waals surface area contributed by atoms with Gasteiger partial charge in [-0.2, -0.15) is 5.10 Å². The summed E-state index contributed by atoms with van der Waals surface area (Å²) in [5.74, 6) is 1.37. The summed E-state index contributed by atoms with van der Waals surface area (Å²) in [5, 5.41) is 7.70. The number of aromatic nitrogens is 4. The third kappa shape index (κ3) is 4.26. The lowest BCUT2D eigenvalue weighted by atomic mass is 10.0. The van der Waals surface area contributed by atoms with Crippen molar-refractivity contribution >= 4 is 33.5 Å². The Bertz CT molecular complexity index is 1630. The summed E-state index contributed by atoms with van der Waals surface area (Å²) >= 11 is 0. The first-order chi connectivity index (χ1) is 18.5. The summed E-state index contributed by atoms with van der Waals surface area (Å²) in [6.07, 6.45) is 1.66. The third-order valence-electron chi connectivity index (χ3n) is 7.16. The Hall–Kier alpha value is -4.33. The fraction of sp³-hybridized carbons (Fsp3) is 0.267. The lowest BCUT2D eigenvalue weighted by Crippen LogP contribution is -2.49. The molecular formula is C30H29FN6O. The molecule has 0 spiro atoms. The molecule has 3 aromatic carbocycles. The van der Waals surface area contributed by atoms with Gasteiger partial charge in [0.05, 0.1) is 16.8 Å². The van der Waals surface area contributed by atoms with E-state index in [0.717, 1.165) is 63.2 Å². The minimum atomic E-state index is -0.292. The molecule has 1 saturated heterocycles. The molecule has 0 aliphatic carbocycles. The number of carbonyl (C=O) groups is 1. The maximum Gasteiger partial charge on any atom is 0.254 e. The molecule has 2 aromatic heterocycles. The molecule has 8 heteroatoms. The molecule has 6 rings (SSSR count). The number of hydrogen-bond acceptors (Lipinski definition) is 5. The normalized spacial score (nSPS) is 14.0. The fourth-order valence-electron chi connectivity index (χ4n) is 5.24. The average molecular weight is 509 g/mol. The number of hydrogen-bond donors (Lipinski definition) is 0. The lowest BCUT2D eigenvalue weighted by Gasteiger charge is -2.36. The number of carbonyl (C=O) groups excluding carboxylic acids is 1. The fourth-order valence-corrected chi connectivity index (χ4v) is 5.24. The largest absolute Gasteiger partial charge is 0.352 e. The number of benzene rings is 3. The van der Waals surface area contributed by atoms with Gasteiger partial charge in [-0.3, -0.25) is 4.79 Å². The van der Waals surface area contributed by atoms with Crippen molar-refractivity contribution < 1.29 is 9.18 Å². The Morgan fingerprint density at radius 3 is 2.42 bits per heavy atom. The highest BCUT2D eigenvalue weighted by molar-refractivity contribution is 6.07. The van der Waals surface area contributed by atoms with Crippen LogP contribution in [0.15, 0.2) is 66.7 Å². The first-order valence-corrected chi connectivity index (χ1v) is 13.1. The number of fused-ring (bicyclic) bond motifs is 2. The Kier molecular flexibility index (Phi) is 6.23. The van der Waals surface area contributed by atoms with E-state index in [1.165, 1.54) is 12.1 Å². The monoisotopic (exact) mass is 508 g/mol. The molecule has 0 radical (unpaired) electrons. The molecule has 1 aliphatic heterocycles. The predicted molar refractivity (Wildman–Crippen MR) is 147 cm³/mol. The number of aryl methyl sites for hydroxylation is 2.